The van der Waals surface area contributed by atoms with E-state index >= 15 is 0 Å². The number of allylic oxidation sites excluding steroid dienone is 1. The Morgan fingerprint density at radius 3 is 2.22 bits per heavy atom. The van der Waals surface area contributed by atoms with E-state index < -0.39 is 11.5 Å². The second-order valence-corrected chi connectivity index (χ2v) is 10.4. The fourth-order valence-electron chi connectivity index (χ4n) is 7.58. The SMILES string of the molecule is CC/C=C1/C(=O)N(C2CCCCC2)[C@H]2C(=O)N(C3CCCCC3)[C@@H]3Nc4ccccc4[C@]123. The summed E-state index contributed by atoms with van der Waals surface area (Å²) in [5, 5.41) is 3.75. The number of rotatable bonds is 3. The Labute approximate surface area is 191 Å². The van der Waals surface area contributed by atoms with Crippen LogP contribution in [0.1, 0.15) is 83.1 Å². The summed E-state index contributed by atoms with van der Waals surface area (Å²) in [4.78, 5) is 32.6. The standard InChI is InChI=1S/C27H35N3O2/c1-2-11-21-24(31)29(18-12-5-3-6-13-18)23-25(32)30(19-14-7-4-8-15-19)26-27(21,23)20-16-9-10-17-22(20)28-26/h9-11,16-19,23,26,28H,2-8,12-15H2,1H3/b21-11-/t23-,26-,27-/m0/s1. The number of likely N-dealkylation sites (tertiary alicyclic amines) is 2. The van der Waals surface area contributed by atoms with Crippen LogP contribution in [0.5, 0.6) is 0 Å². The summed E-state index contributed by atoms with van der Waals surface area (Å²) in [6.07, 6.45) is 14.2. The van der Waals surface area contributed by atoms with Crippen LogP contribution in [0.15, 0.2) is 35.9 Å². The first-order chi connectivity index (χ1) is 15.7. The van der Waals surface area contributed by atoms with E-state index in [1.807, 2.05) is 0 Å². The molecule has 1 aromatic rings. The molecule has 5 aliphatic rings. The summed E-state index contributed by atoms with van der Waals surface area (Å²) in [6, 6.07) is 8.47. The van der Waals surface area contributed by atoms with Gasteiger partial charge in [-0.25, -0.2) is 0 Å². The van der Waals surface area contributed by atoms with Crippen LogP contribution >= 0.6 is 0 Å². The third-order valence-corrected chi connectivity index (χ3v) is 8.83. The normalized spacial score (nSPS) is 34.1. The van der Waals surface area contributed by atoms with Gasteiger partial charge >= 0.3 is 0 Å². The number of carbonyl (C=O) groups is 2. The minimum atomic E-state index is -0.588. The molecule has 2 aliphatic carbocycles. The smallest absolute Gasteiger partial charge is 0.251 e. The summed E-state index contributed by atoms with van der Waals surface area (Å²) >= 11 is 0. The molecule has 5 nitrogen and oxygen atoms in total. The molecule has 3 heterocycles. The number of hydrogen-bond donors (Lipinski definition) is 1. The minimum Gasteiger partial charge on any atom is -0.364 e. The molecule has 0 radical (unpaired) electrons. The maximum absolute atomic E-state index is 14.3. The number of carbonyl (C=O) groups excluding carboxylic acids is 2. The maximum atomic E-state index is 14.3. The van der Waals surface area contributed by atoms with E-state index in [0.29, 0.717) is 0 Å². The third kappa shape index (κ3) is 2.57. The molecule has 0 aromatic heterocycles. The van der Waals surface area contributed by atoms with Crippen molar-refractivity contribution in [3.8, 4) is 0 Å². The van der Waals surface area contributed by atoms with Gasteiger partial charge in [0.1, 0.15) is 12.2 Å². The Hall–Kier alpha value is -2.30. The van der Waals surface area contributed by atoms with E-state index in [4.69, 9.17) is 0 Å². The van der Waals surface area contributed by atoms with Gasteiger partial charge in [0, 0.05) is 23.3 Å². The molecule has 3 atom stereocenters. The van der Waals surface area contributed by atoms with Crippen molar-refractivity contribution >= 4 is 17.5 Å². The summed E-state index contributed by atoms with van der Waals surface area (Å²) < 4.78 is 0. The molecule has 5 heteroatoms. The van der Waals surface area contributed by atoms with Gasteiger partial charge in [-0.05, 0) is 43.7 Å². The zero-order chi connectivity index (χ0) is 21.9. The number of fused-ring (bicyclic) bond motifs is 1. The first-order valence-electron chi connectivity index (χ1n) is 12.9. The van der Waals surface area contributed by atoms with E-state index in [0.717, 1.165) is 61.8 Å². The van der Waals surface area contributed by atoms with E-state index in [1.54, 1.807) is 0 Å². The van der Waals surface area contributed by atoms with Crippen molar-refractivity contribution in [3.05, 3.63) is 41.5 Å². The highest BCUT2D eigenvalue weighted by Crippen LogP contribution is 2.60. The molecular weight excluding hydrogens is 398 g/mol. The number of para-hydroxylation sites is 1. The fraction of sp³-hybridized carbons (Fsp3) is 0.630. The number of benzene rings is 1. The number of anilines is 1. The maximum Gasteiger partial charge on any atom is 0.251 e. The van der Waals surface area contributed by atoms with E-state index in [1.165, 1.54) is 25.7 Å². The number of amides is 2. The molecule has 2 saturated carbocycles. The molecule has 4 fully saturated rings. The monoisotopic (exact) mass is 433 g/mol. The molecule has 1 spiro atoms. The van der Waals surface area contributed by atoms with Gasteiger partial charge in [0.05, 0.1) is 5.41 Å². The Morgan fingerprint density at radius 1 is 0.938 bits per heavy atom. The third-order valence-electron chi connectivity index (χ3n) is 8.83. The van der Waals surface area contributed by atoms with Gasteiger partial charge in [0.15, 0.2) is 0 Å². The molecule has 170 valence electrons. The van der Waals surface area contributed by atoms with Crippen LogP contribution in [0.4, 0.5) is 5.69 Å². The largest absolute Gasteiger partial charge is 0.364 e. The number of hydrogen-bond acceptors (Lipinski definition) is 3. The average molecular weight is 434 g/mol. The van der Waals surface area contributed by atoms with Gasteiger partial charge < -0.3 is 15.1 Å². The zero-order valence-electron chi connectivity index (χ0n) is 19.2. The van der Waals surface area contributed by atoms with Crippen molar-refractivity contribution in [1.29, 1.82) is 0 Å². The van der Waals surface area contributed by atoms with Crippen molar-refractivity contribution < 1.29 is 9.59 Å². The van der Waals surface area contributed by atoms with Crippen LogP contribution in [-0.4, -0.2) is 45.9 Å². The summed E-state index contributed by atoms with van der Waals surface area (Å²) in [7, 11) is 0. The Bertz CT molecular complexity index is 959. The van der Waals surface area contributed by atoms with Crippen LogP contribution in [0.2, 0.25) is 0 Å². The highest BCUT2D eigenvalue weighted by atomic mass is 16.2. The van der Waals surface area contributed by atoms with Gasteiger partial charge in [-0.2, -0.15) is 0 Å². The molecule has 1 N–H and O–H groups in total. The van der Waals surface area contributed by atoms with Gasteiger partial charge in [-0.3, -0.25) is 9.59 Å². The lowest BCUT2D eigenvalue weighted by molar-refractivity contribution is -0.142. The van der Waals surface area contributed by atoms with Crippen LogP contribution in [-0.2, 0) is 15.0 Å². The lowest BCUT2D eigenvalue weighted by atomic mass is 9.72. The van der Waals surface area contributed by atoms with Crippen molar-refractivity contribution in [2.45, 2.75) is 107 Å². The van der Waals surface area contributed by atoms with Crippen molar-refractivity contribution in [1.82, 2.24) is 9.80 Å². The molecule has 0 bridgehead atoms. The van der Waals surface area contributed by atoms with Crippen LogP contribution in [0.25, 0.3) is 0 Å². The highest BCUT2D eigenvalue weighted by Gasteiger charge is 2.74. The first kappa shape index (κ1) is 20.3. The quantitative estimate of drug-likeness (QED) is 0.701. The van der Waals surface area contributed by atoms with E-state index in [2.05, 4.69) is 52.4 Å². The van der Waals surface area contributed by atoms with Gasteiger partial charge in [0.25, 0.3) is 5.91 Å². The number of nitrogens with one attached hydrogen (secondary N) is 1. The molecule has 1 aromatic carbocycles. The van der Waals surface area contributed by atoms with Crippen LogP contribution in [0.3, 0.4) is 0 Å². The Balaban J connectivity index is 1.55. The second-order valence-electron chi connectivity index (χ2n) is 10.4. The molecule has 32 heavy (non-hydrogen) atoms. The second kappa shape index (κ2) is 7.64. The predicted octanol–water partition coefficient (Wildman–Crippen LogP) is 4.73. The van der Waals surface area contributed by atoms with Crippen LogP contribution < -0.4 is 5.32 Å². The topological polar surface area (TPSA) is 52.7 Å². The molecular formula is C27H35N3O2. The van der Waals surface area contributed by atoms with E-state index in [-0.39, 0.29) is 30.1 Å². The van der Waals surface area contributed by atoms with Crippen LogP contribution in [0, 0.1) is 0 Å². The zero-order valence-corrected chi connectivity index (χ0v) is 19.2. The molecule has 2 saturated heterocycles. The average Bonchev–Trinajstić information content (AvgIpc) is 3.38. The van der Waals surface area contributed by atoms with Gasteiger partial charge in [-0.1, -0.05) is 69.7 Å². The highest BCUT2D eigenvalue weighted by molar-refractivity contribution is 6.10. The summed E-state index contributed by atoms with van der Waals surface area (Å²) in [6.45, 7) is 2.11. The lowest BCUT2D eigenvalue weighted by Crippen LogP contribution is -2.51. The molecule has 2 amide bonds. The molecule has 0 unspecified atom stereocenters. The fourth-order valence-corrected chi connectivity index (χ4v) is 7.58. The first-order valence-corrected chi connectivity index (χ1v) is 12.9. The summed E-state index contributed by atoms with van der Waals surface area (Å²) in [5.74, 6) is 0.297. The van der Waals surface area contributed by atoms with Crippen molar-refractivity contribution in [3.63, 3.8) is 0 Å². The van der Waals surface area contributed by atoms with Crippen molar-refractivity contribution in [2.75, 3.05) is 5.32 Å². The lowest BCUT2D eigenvalue weighted by Gasteiger charge is -2.38. The van der Waals surface area contributed by atoms with Gasteiger partial charge in [-0.15, -0.1) is 0 Å². The molecule has 6 rings (SSSR count). The Kier molecular flexibility index (Phi) is 4.85. The van der Waals surface area contributed by atoms with E-state index in [9.17, 15) is 9.59 Å². The summed E-state index contributed by atoms with van der Waals surface area (Å²) in [5.41, 5.74) is 2.52. The molecule has 3 aliphatic heterocycles. The number of nitrogens with zero attached hydrogens (tertiary/aromatic N) is 2. The van der Waals surface area contributed by atoms with Gasteiger partial charge in [0.2, 0.25) is 5.91 Å². The minimum absolute atomic E-state index is 0.115. The van der Waals surface area contributed by atoms with Crippen molar-refractivity contribution in [2.24, 2.45) is 0 Å². The predicted molar refractivity (Wildman–Crippen MR) is 125 cm³/mol. The Morgan fingerprint density at radius 2 is 1.56 bits per heavy atom.